The van der Waals surface area contributed by atoms with Crippen molar-refractivity contribution in [1.29, 1.82) is 0 Å². The van der Waals surface area contributed by atoms with Gasteiger partial charge in [0.2, 0.25) is 11.7 Å². The summed E-state index contributed by atoms with van der Waals surface area (Å²) in [6, 6.07) is 14.5. The van der Waals surface area contributed by atoms with E-state index in [0.29, 0.717) is 23.8 Å². The molecule has 41 heavy (non-hydrogen) atoms. The molecular formula is C32H34F3NO5. The predicted octanol–water partition coefficient (Wildman–Crippen LogP) is 7.67. The van der Waals surface area contributed by atoms with Crippen molar-refractivity contribution in [2.24, 2.45) is 5.92 Å². The molecule has 0 atom stereocenters. The summed E-state index contributed by atoms with van der Waals surface area (Å²) in [4.78, 5) is 40.6. The van der Waals surface area contributed by atoms with E-state index >= 15 is 0 Å². The quantitative estimate of drug-likeness (QED) is 0.174. The van der Waals surface area contributed by atoms with E-state index in [4.69, 9.17) is 9.15 Å². The van der Waals surface area contributed by atoms with Gasteiger partial charge in [0.15, 0.2) is 11.5 Å². The number of ketones is 2. The molecule has 3 aromatic rings. The number of hydrogen-bond acceptors (Lipinski definition) is 6. The van der Waals surface area contributed by atoms with Crippen molar-refractivity contribution >= 4 is 17.5 Å². The number of carbonyl (C=O) groups is 3. The lowest BCUT2D eigenvalue weighted by molar-refractivity contribution is -0.153. The molecule has 4 rings (SSSR count). The first-order valence-corrected chi connectivity index (χ1v) is 13.9. The first kappa shape index (κ1) is 30.2. The molecule has 218 valence electrons. The standard InChI is InChI=1S/C32H34F3NO5/c1-20-6-12-25(13-7-20)31-36-29(30(41-31)32(33,34)35)27(38)5-3-4-26(37)18-21-8-14-23(15-9-21)24-16-10-22(11-17-24)19-28(39)40-2/h6-9,12-15,22,24H,3-5,10-11,16-19H2,1-2H3. The second-order valence-corrected chi connectivity index (χ2v) is 10.8. The smallest absolute Gasteiger partial charge is 0.452 e. The number of halogens is 3. The molecule has 1 fully saturated rings. The Bertz CT molecular complexity index is 1350. The van der Waals surface area contributed by atoms with Gasteiger partial charge in [-0.15, -0.1) is 0 Å². The van der Waals surface area contributed by atoms with Gasteiger partial charge >= 0.3 is 12.1 Å². The lowest BCUT2D eigenvalue weighted by Crippen LogP contribution is -2.17. The fraction of sp³-hybridized carbons (Fsp3) is 0.438. The number of esters is 1. The molecule has 1 heterocycles. The molecule has 0 bridgehead atoms. The van der Waals surface area contributed by atoms with E-state index in [0.717, 1.165) is 36.8 Å². The third kappa shape index (κ3) is 8.15. The number of alkyl halides is 3. The minimum absolute atomic E-state index is 0.0712. The van der Waals surface area contributed by atoms with Crippen LogP contribution >= 0.6 is 0 Å². The zero-order valence-corrected chi connectivity index (χ0v) is 23.3. The van der Waals surface area contributed by atoms with Crippen LogP contribution in [0.1, 0.15) is 90.2 Å². The van der Waals surface area contributed by atoms with Gasteiger partial charge in [0.1, 0.15) is 5.78 Å². The van der Waals surface area contributed by atoms with Crippen LogP contribution in [0.3, 0.4) is 0 Å². The Labute approximate surface area is 237 Å². The van der Waals surface area contributed by atoms with Crippen LogP contribution < -0.4 is 0 Å². The summed E-state index contributed by atoms with van der Waals surface area (Å²) >= 11 is 0. The van der Waals surface area contributed by atoms with Gasteiger partial charge in [-0.1, -0.05) is 42.0 Å². The van der Waals surface area contributed by atoms with Gasteiger partial charge in [-0.3, -0.25) is 14.4 Å². The summed E-state index contributed by atoms with van der Waals surface area (Å²) in [7, 11) is 1.41. The number of ether oxygens (including phenoxy) is 1. The van der Waals surface area contributed by atoms with Crippen molar-refractivity contribution in [2.45, 2.75) is 76.8 Å². The number of oxazole rings is 1. The van der Waals surface area contributed by atoms with E-state index in [9.17, 15) is 27.6 Å². The Morgan fingerprint density at radius 3 is 2.22 bits per heavy atom. The normalized spacial score (nSPS) is 17.3. The highest BCUT2D eigenvalue weighted by Gasteiger charge is 2.41. The van der Waals surface area contributed by atoms with Crippen LogP contribution in [0.15, 0.2) is 52.9 Å². The Morgan fingerprint density at radius 2 is 1.61 bits per heavy atom. The van der Waals surface area contributed by atoms with Gasteiger partial charge in [0.25, 0.3) is 0 Å². The van der Waals surface area contributed by atoms with Crippen molar-refractivity contribution in [1.82, 2.24) is 4.98 Å². The molecule has 0 amide bonds. The fourth-order valence-corrected chi connectivity index (χ4v) is 5.33. The van der Waals surface area contributed by atoms with Crippen molar-refractivity contribution in [2.75, 3.05) is 7.11 Å². The van der Waals surface area contributed by atoms with Crippen molar-refractivity contribution < 1.29 is 36.7 Å². The number of aryl methyl sites for hydroxylation is 1. The van der Waals surface area contributed by atoms with E-state index in [1.807, 2.05) is 31.2 Å². The maximum absolute atomic E-state index is 13.6. The Kier molecular flexibility index (Phi) is 9.78. The van der Waals surface area contributed by atoms with Gasteiger partial charge in [-0.25, -0.2) is 4.98 Å². The highest BCUT2D eigenvalue weighted by Crippen LogP contribution is 2.38. The van der Waals surface area contributed by atoms with E-state index in [2.05, 4.69) is 4.98 Å². The third-order valence-electron chi connectivity index (χ3n) is 7.69. The van der Waals surface area contributed by atoms with Crippen LogP contribution in [-0.2, 0) is 26.9 Å². The Hall–Kier alpha value is -3.75. The van der Waals surface area contributed by atoms with E-state index in [-0.39, 0.29) is 43.3 Å². The van der Waals surface area contributed by atoms with Crippen LogP contribution in [-0.4, -0.2) is 29.6 Å². The summed E-state index contributed by atoms with van der Waals surface area (Å²) in [6.07, 6.45) is -0.310. The number of methoxy groups -OCH3 is 1. The van der Waals surface area contributed by atoms with Crippen molar-refractivity contribution in [3.8, 4) is 11.5 Å². The minimum Gasteiger partial charge on any atom is -0.469 e. The van der Waals surface area contributed by atoms with E-state index < -0.39 is 23.4 Å². The monoisotopic (exact) mass is 569 g/mol. The van der Waals surface area contributed by atoms with E-state index in [1.54, 1.807) is 24.3 Å². The molecule has 6 nitrogen and oxygen atoms in total. The van der Waals surface area contributed by atoms with Crippen LogP contribution in [0.2, 0.25) is 0 Å². The molecule has 1 aromatic heterocycles. The van der Waals surface area contributed by atoms with Crippen molar-refractivity contribution in [3.05, 3.63) is 76.7 Å². The number of aromatic nitrogens is 1. The summed E-state index contributed by atoms with van der Waals surface area (Å²) in [5, 5.41) is 0. The zero-order valence-electron chi connectivity index (χ0n) is 23.3. The Morgan fingerprint density at radius 1 is 0.951 bits per heavy atom. The molecule has 0 spiro atoms. The SMILES string of the molecule is COC(=O)CC1CCC(c2ccc(CC(=O)CCCC(=O)c3nc(-c4ccc(C)cc4)oc3C(F)(F)F)cc2)CC1. The summed E-state index contributed by atoms with van der Waals surface area (Å²) in [5.74, 6) is -1.96. The number of Topliss-reactive ketones (excluding diaryl/α,β-unsaturated/α-hetero) is 2. The van der Waals surface area contributed by atoms with Gasteiger partial charge in [-0.2, -0.15) is 13.2 Å². The number of carbonyl (C=O) groups excluding carboxylic acids is 3. The van der Waals surface area contributed by atoms with Crippen molar-refractivity contribution in [3.63, 3.8) is 0 Å². The first-order chi connectivity index (χ1) is 19.5. The third-order valence-corrected chi connectivity index (χ3v) is 7.69. The topological polar surface area (TPSA) is 86.5 Å². The number of nitrogens with zero attached hydrogens (tertiary/aromatic N) is 1. The molecule has 0 saturated heterocycles. The Balaban J connectivity index is 1.27. The maximum atomic E-state index is 13.6. The maximum Gasteiger partial charge on any atom is 0.452 e. The molecular weight excluding hydrogens is 535 g/mol. The molecule has 0 unspecified atom stereocenters. The molecule has 1 aliphatic carbocycles. The molecule has 1 aliphatic rings. The van der Waals surface area contributed by atoms with Gasteiger partial charge < -0.3 is 9.15 Å². The summed E-state index contributed by atoms with van der Waals surface area (Å²) < 4.78 is 50.4. The number of hydrogen-bond donors (Lipinski definition) is 0. The molecule has 0 radical (unpaired) electrons. The number of rotatable bonds is 11. The van der Waals surface area contributed by atoms with Crippen LogP contribution in [0.4, 0.5) is 13.2 Å². The van der Waals surface area contributed by atoms with Gasteiger partial charge in [0.05, 0.1) is 7.11 Å². The zero-order chi connectivity index (χ0) is 29.6. The van der Waals surface area contributed by atoms with Crippen LogP contribution in [0, 0.1) is 12.8 Å². The molecule has 0 aliphatic heterocycles. The fourth-order valence-electron chi connectivity index (χ4n) is 5.33. The first-order valence-electron chi connectivity index (χ1n) is 13.9. The minimum atomic E-state index is -4.87. The highest BCUT2D eigenvalue weighted by atomic mass is 19.4. The molecule has 2 aromatic carbocycles. The lowest BCUT2D eigenvalue weighted by Gasteiger charge is -2.28. The van der Waals surface area contributed by atoms with Gasteiger partial charge in [0, 0.05) is 31.2 Å². The number of benzene rings is 2. The average molecular weight is 570 g/mol. The second-order valence-electron chi connectivity index (χ2n) is 10.8. The second kappa shape index (κ2) is 13.3. The lowest BCUT2D eigenvalue weighted by atomic mass is 9.77. The van der Waals surface area contributed by atoms with Gasteiger partial charge in [-0.05, 0) is 74.1 Å². The predicted molar refractivity (Wildman–Crippen MR) is 146 cm³/mol. The average Bonchev–Trinajstić information content (AvgIpc) is 3.41. The molecule has 0 N–H and O–H groups in total. The summed E-state index contributed by atoms with van der Waals surface area (Å²) in [5.41, 5.74) is 2.57. The van der Waals surface area contributed by atoms with Crippen LogP contribution in [0.25, 0.3) is 11.5 Å². The van der Waals surface area contributed by atoms with Crippen LogP contribution in [0.5, 0.6) is 0 Å². The summed E-state index contributed by atoms with van der Waals surface area (Å²) in [6.45, 7) is 1.84. The van der Waals surface area contributed by atoms with E-state index in [1.165, 1.54) is 12.7 Å². The highest BCUT2D eigenvalue weighted by molar-refractivity contribution is 5.96. The molecule has 1 saturated carbocycles. The molecule has 9 heteroatoms. The largest absolute Gasteiger partial charge is 0.469 e.